The zero-order valence-corrected chi connectivity index (χ0v) is 9.29. The first kappa shape index (κ1) is 10.3. The summed E-state index contributed by atoms with van der Waals surface area (Å²) in [5, 5.41) is 0. The van der Waals surface area contributed by atoms with Gasteiger partial charge in [0.25, 0.3) is 5.91 Å². The van der Waals surface area contributed by atoms with Crippen molar-refractivity contribution in [3.8, 4) is 0 Å². The maximum atomic E-state index is 11.9. The fourth-order valence-corrected chi connectivity index (χ4v) is 2.05. The average molecular weight is 209 g/mol. The smallest absolute Gasteiger partial charge is 0.322 e. The summed E-state index contributed by atoms with van der Waals surface area (Å²) >= 11 is 0. The van der Waals surface area contributed by atoms with Gasteiger partial charge in [0.2, 0.25) is 0 Å². The second kappa shape index (κ2) is 2.90. The molecule has 1 amide bonds. The monoisotopic (exact) mass is 209 g/mol. The molecule has 1 saturated carbocycles. The highest BCUT2D eigenvalue weighted by Gasteiger charge is 2.56. The number of aliphatic imine (C=N–C) groups is 1. The van der Waals surface area contributed by atoms with Gasteiger partial charge in [-0.15, -0.1) is 0 Å². The summed E-state index contributed by atoms with van der Waals surface area (Å²) in [4.78, 5) is 27.4. The number of ether oxygens (including phenoxy) is 1. The molecule has 1 fully saturated rings. The molecule has 2 aliphatic rings. The molecule has 2 rings (SSSR count). The fourth-order valence-electron chi connectivity index (χ4n) is 2.05. The molecule has 15 heavy (non-hydrogen) atoms. The number of carbonyl (C=O) groups is 2. The predicted molar refractivity (Wildman–Crippen MR) is 54.6 cm³/mol. The molecule has 0 spiro atoms. The summed E-state index contributed by atoms with van der Waals surface area (Å²) in [6.45, 7) is 5.41. The normalized spacial score (nSPS) is 29.3. The summed E-state index contributed by atoms with van der Waals surface area (Å²) in [6.07, 6.45) is 1.80. The Morgan fingerprint density at radius 2 is 2.13 bits per heavy atom. The van der Waals surface area contributed by atoms with Gasteiger partial charge in [-0.3, -0.25) is 9.59 Å². The van der Waals surface area contributed by atoms with Gasteiger partial charge >= 0.3 is 5.97 Å². The van der Waals surface area contributed by atoms with E-state index >= 15 is 0 Å². The summed E-state index contributed by atoms with van der Waals surface area (Å²) in [5.41, 5.74) is -0.661. The number of rotatable bonds is 1. The van der Waals surface area contributed by atoms with Crippen LogP contribution in [0.2, 0.25) is 0 Å². The number of amides is 1. The Bertz CT molecular complexity index is 365. The minimum atomic E-state index is -0.970. The van der Waals surface area contributed by atoms with Gasteiger partial charge in [-0.2, -0.15) is 0 Å². The lowest BCUT2D eigenvalue weighted by Crippen LogP contribution is -2.39. The van der Waals surface area contributed by atoms with Crippen molar-refractivity contribution in [2.75, 3.05) is 0 Å². The highest BCUT2D eigenvalue weighted by atomic mass is 16.6. The highest BCUT2D eigenvalue weighted by Crippen LogP contribution is 2.44. The Morgan fingerprint density at radius 3 is 2.53 bits per heavy atom. The maximum absolute atomic E-state index is 11.9. The molecule has 1 aliphatic carbocycles. The quantitative estimate of drug-likeness (QED) is 0.485. The van der Waals surface area contributed by atoms with E-state index in [1.807, 2.05) is 0 Å². The van der Waals surface area contributed by atoms with E-state index in [9.17, 15) is 9.59 Å². The number of fused-ring (bicyclic) bond motifs is 2. The third-order valence-corrected chi connectivity index (χ3v) is 2.80. The second-order valence-corrected chi connectivity index (χ2v) is 5.24. The lowest BCUT2D eigenvalue weighted by atomic mass is 9.86. The van der Waals surface area contributed by atoms with Gasteiger partial charge < -0.3 is 4.74 Å². The van der Waals surface area contributed by atoms with Gasteiger partial charge in [-0.1, -0.05) is 0 Å². The van der Waals surface area contributed by atoms with Crippen LogP contribution in [0.15, 0.2) is 4.99 Å². The molecule has 0 radical (unpaired) electrons. The van der Waals surface area contributed by atoms with Crippen LogP contribution in [0.25, 0.3) is 0 Å². The molecule has 2 bridgehead atoms. The van der Waals surface area contributed by atoms with Crippen molar-refractivity contribution in [2.24, 2.45) is 10.4 Å². The maximum Gasteiger partial charge on any atom is 0.322 e. The number of hydrogen-bond donors (Lipinski definition) is 0. The van der Waals surface area contributed by atoms with Gasteiger partial charge in [-0.25, -0.2) is 4.99 Å². The molecule has 1 unspecified atom stereocenters. The van der Waals surface area contributed by atoms with E-state index in [2.05, 4.69) is 4.99 Å². The van der Waals surface area contributed by atoms with Gasteiger partial charge in [0.05, 0.1) is 0 Å². The second-order valence-electron chi connectivity index (χ2n) is 5.24. The molecule has 1 atom stereocenters. The number of hydrogen-bond acceptors (Lipinski definition) is 3. The first-order chi connectivity index (χ1) is 6.83. The fraction of sp³-hybridized carbons (Fsp3) is 0.727. The Labute approximate surface area is 88.7 Å². The molecule has 1 heterocycles. The average Bonchev–Trinajstić information content (AvgIpc) is 2.58. The lowest BCUT2D eigenvalue weighted by molar-refractivity contribution is -0.169. The molecule has 0 aromatic heterocycles. The van der Waals surface area contributed by atoms with Crippen molar-refractivity contribution in [1.29, 1.82) is 0 Å². The number of nitrogens with zero attached hydrogens (tertiary/aromatic N) is 1. The zero-order chi connectivity index (χ0) is 11.3. The van der Waals surface area contributed by atoms with Crippen molar-refractivity contribution >= 4 is 17.6 Å². The van der Waals surface area contributed by atoms with E-state index in [0.717, 1.165) is 12.1 Å². The van der Waals surface area contributed by atoms with E-state index in [-0.39, 0.29) is 5.91 Å². The molecule has 0 aromatic carbocycles. The van der Waals surface area contributed by atoms with Crippen LogP contribution in [0, 0.1) is 5.41 Å². The van der Waals surface area contributed by atoms with Crippen LogP contribution in [0.3, 0.4) is 0 Å². The Morgan fingerprint density at radius 1 is 1.47 bits per heavy atom. The molecule has 4 heteroatoms. The zero-order valence-electron chi connectivity index (χ0n) is 9.29. The van der Waals surface area contributed by atoms with Crippen molar-refractivity contribution in [3.05, 3.63) is 0 Å². The molecule has 0 saturated heterocycles. The Kier molecular flexibility index (Phi) is 2.00. The molecule has 4 nitrogen and oxygen atoms in total. The van der Waals surface area contributed by atoms with Gasteiger partial charge in [0, 0.05) is 12.1 Å². The van der Waals surface area contributed by atoms with Crippen LogP contribution in [-0.4, -0.2) is 23.2 Å². The van der Waals surface area contributed by atoms with Crippen LogP contribution in [0.4, 0.5) is 0 Å². The third-order valence-electron chi connectivity index (χ3n) is 2.80. The summed E-state index contributed by atoms with van der Waals surface area (Å²) in [5.74, 6) is -0.714. The molecule has 1 aliphatic heterocycles. The highest BCUT2D eigenvalue weighted by molar-refractivity contribution is 6.18. The van der Waals surface area contributed by atoms with Crippen LogP contribution in [0.1, 0.15) is 40.0 Å². The predicted octanol–water partition coefficient (Wildman–Crippen LogP) is 1.48. The topological polar surface area (TPSA) is 55.7 Å². The van der Waals surface area contributed by atoms with E-state index in [1.165, 1.54) is 0 Å². The first-order valence-electron chi connectivity index (χ1n) is 5.18. The van der Waals surface area contributed by atoms with Crippen molar-refractivity contribution in [1.82, 2.24) is 0 Å². The van der Waals surface area contributed by atoms with Gasteiger partial charge in [-0.05, 0) is 33.6 Å². The van der Waals surface area contributed by atoms with Crippen LogP contribution < -0.4 is 0 Å². The first-order valence-corrected chi connectivity index (χ1v) is 5.18. The lowest BCUT2D eigenvalue weighted by Gasteiger charge is -2.27. The van der Waals surface area contributed by atoms with Gasteiger partial charge in [0.1, 0.15) is 5.60 Å². The molecular formula is C11H15NO3. The van der Waals surface area contributed by atoms with Crippen molar-refractivity contribution in [2.45, 2.75) is 45.6 Å². The standard InChI is InChI=1S/C11H15NO3/c1-10(2,3)15-9(14)11-5-4-7(6-11)12-8(11)13/h4-6H2,1-3H3. The molecule has 0 N–H and O–H groups in total. The van der Waals surface area contributed by atoms with Crippen LogP contribution >= 0.6 is 0 Å². The van der Waals surface area contributed by atoms with E-state index in [4.69, 9.17) is 4.74 Å². The minimum absolute atomic E-state index is 0.307. The molecule has 0 aromatic rings. The minimum Gasteiger partial charge on any atom is -0.459 e. The Balaban J connectivity index is 2.18. The van der Waals surface area contributed by atoms with Gasteiger partial charge in [0.15, 0.2) is 5.41 Å². The summed E-state index contributed by atoms with van der Waals surface area (Å²) in [7, 11) is 0. The summed E-state index contributed by atoms with van der Waals surface area (Å²) < 4.78 is 5.28. The largest absolute Gasteiger partial charge is 0.459 e. The Hall–Kier alpha value is -1.19. The van der Waals surface area contributed by atoms with E-state index < -0.39 is 17.0 Å². The van der Waals surface area contributed by atoms with Crippen LogP contribution in [0.5, 0.6) is 0 Å². The van der Waals surface area contributed by atoms with Crippen LogP contribution in [-0.2, 0) is 14.3 Å². The van der Waals surface area contributed by atoms with E-state index in [0.29, 0.717) is 12.8 Å². The van der Waals surface area contributed by atoms with E-state index in [1.54, 1.807) is 20.8 Å². The van der Waals surface area contributed by atoms with Crippen molar-refractivity contribution < 1.29 is 14.3 Å². The number of esters is 1. The molecular weight excluding hydrogens is 194 g/mol. The molecule has 82 valence electrons. The SMILES string of the molecule is CC(C)(C)OC(=O)C12CCC(=NC1=O)C2. The third kappa shape index (κ3) is 1.58. The van der Waals surface area contributed by atoms with Crippen molar-refractivity contribution in [3.63, 3.8) is 0 Å². The summed E-state index contributed by atoms with van der Waals surface area (Å²) in [6, 6.07) is 0. The number of carbonyl (C=O) groups excluding carboxylic acids is 2.